The van der Waals surface area contributed by atoms with Gasteiger partial charge in [0.05, 0.1) is 30.6 Å². The van der Waals surface area contributed by atoms with E-state index in [0.29, 0.717) is 27.8 Å². The highest BCUT2D eigenvalue weighted by Crippen LogP contribution is 2.36. The molecule has 0 radical (unpaired) electrons. The number of carbonyl (C=O) groups is 1. The summed E-state index contributed by atoms with van der Waals surface area (Å²) < 4.78 is 12.0. The van der Waals surface area contributed by atoms with E-state index in [1.54, 1.807) is 47.4 Å². The quantitative estimate of drug-likeness (QED) is 0.757. The first-order valence-electron chi connectivity index (χ1n) is 7.30. The van der Waals surface area contributed by atoms with Crippen molar-refractivity contribution in [3.63, 3.8) is 0 Å². The van der Waals surface area contributed by atoms with Gasteiger partial charge in [-0.05, 0) is 30.3 Å². The zero-order chi connectivity index (χ0) is 17.8. The molecule has 0 saturated heterocycles. The fraction of sp³-hybridized carbons (Fsp3) is 0.118. The number of aromatic nitrogens is 3. The molecule has 0 aliphatic heterocycles. The molecule has 2 aromatic carbocycles. The van der Waals surface area contributed by atoms with Crippen molar-refractivity contribution in [2.45, 2.75) is 0 Å². The summed E-state index contributed by atoms with van der Waals surface area (Å²) in [6.45, 7) is 0. The number of carbonyl (C=O) groups excluding carboxylic acids is 1. The molecule has 3 rings (SSSR count). The van der Waals surface area contributed by atoms with E-state index in [-0.39, 0.29) is 5.91 Å². The molecule has 0 bridgehead atoms. The van der Waals surface area contributed by atoms with Gasteiger partial charge < -0.3 is 14.8 Å². The first kappa shape index (κ1) is 16.8. The number of benzene rings is 2. The summed E-state index contributed by atoms with van der Waals surface area (Å²) in [5.74, 6) is 0.632. The molecule has 8 heteroatoms. The summed E-state index contributed by atoms with van der Waals surface area (Å²) in [4.78, 5) is 16.4. The Balaban J connectivity index is 1.81. The number of hydrogen-bond acceptors (Lipinski definition) is 5. The molecular formula is C17H15ClN4O3. The minimum atomic E-state index is -0.287. The first-order valence-corrected chi connectivity index (χ1v) is 7.68. The van der Waals surface area contributed by atoms with E-state index in [9.17, 15) is 4.79 Å². The normalized spacial score (nSPS) is 10.4. The predicted molar refractivity (Wildman–Crippen MR) is 93.9 cm³/mol. The van der Waals surface area contributed by atoms with Crippen molar-refractivity contribution in [1.82, 2.24) is 14.8 Å². The van der Waals surface area contributed by atoms with Crippen molar-refractivity contribution < 1.29 is 14.3 Å². The molecule has 3 aromatic rings. The summed E-state index contributed by atoms with van der Waals surface area (Å²) in [6.07, 6.45) is 3.03. The molecule has 0 saturated carbocycles. The zero-order valence-electron chi connectivity index (χ0n) is 13.6. The molecule has 128 valence electrons. The third-order valence-electron chi connectivity index (χ3n) is 3.53. The van der Waals surface area contributed by atoms with Crippen molar-refractivity contribution in [2.75, 3.05) is 19.5 Å². The van der Waals surface area contributed by atoms with Crippen LogP contribution in [0.5, 0.6) is 11.5 Å². The third-order valence-corrected chi connectivity index (χ3v) is 3.83. The van der Waals surface area contributed by atoms with Gasteiger partial charge in [-0.15, -0.1) is 0 Å². The van der Waals surface area contributed by atoms with Crippen molar-refractivity contribution in [2.24, 2.45) is 0 Å². The lowest BCUT2D eigenvalue weighted by Crippen LogP contribution is -2.13. The van der Waals surface area contributed by atoms with Gasteiger partial charge in [0.1, 0.15) is 24.2 Å². The second-order valence-electron chi connectivity index (χ2n) is 5.03. The van der Waals surface area contributed by atoms with Crippen molar-refractivity contribution in [1.29, 1.82) is 0 Å². The summed E-state index contributed by atoms with van der Waals surface area (Å²) >= 11 is 6.12. The van der Waals surface area contributed by atoms with E-state index >= 15 is 0 Å². The summed E-state index contributed by atoms with van der Waals surface area (Å²) in [6, 6.07) is 10.2. The molecule has 25 heavy (non-hydrogen) atoms. The van der Waals surface area contributed by atoms with Gasteiger partial charge in [0.2, 0.25) is 0 Å². The average molecular weight is 359 g/mol. The Labute approximate surface area is 149 Å². The average Bonchev–Trinajstić information content (AvgIpc) is 3.17. The topological polar surface area (TPSA) is 78.3 Å². The highest BCUT2D eigenvalue weighted by Gasteiger charge is 2.14. The number of rotatable bonds is 5. The second kappa shape index (κ2) is 7.23. The number of nitrogens with zero attached hydrogens (tertiary/aromatic N) is 3. The Kier molecular flexibility index (Phi) is 4.85. The Hall–Kier alpha value is -3.06. The Morgan fingerprint density at radius 3 is 2.44 bits per heavy atom. The third kappa shape index (κ3) is 3.56. The van der Waals surface area contributed by atoms with Crippen LogP contribution >= 0.6 is 11.6 Å². The number of hydrogen-bond donors (Lipinski definition) is 1. The molecule has 0 atom stereocenters. The van der Waals surface area contributed by atoms with E-state index in [2.05, 4.69) is 15.4 Å². The lowest BCUT2D eigenvalue weighted by atomic mass is 10.2. The molecule has 7 nitrogen and oxygen atoms in total. The zero-order valence-corrected chi connectivity index (χ0v) is 14.3. The molecule has 0 fully saturated rings. The van der Waals surface area contributed by atoms with E-state index < -0.39 is 0 Å². The summed E-state index contributed by atoms with van der Waals surface area (Å²) in [5, 5.41) is 7.20. The molecule has 1 amide bonds. The predicted octanol–water partition coefficient (Wildman–Crippen LogP) is 3.19. The van der Waals surface area contributed by atoms with Crippen LogP contribution in [0.15, 0.2) is 49.1 Å². The van der Waals surface area contributed by atoms with Crippen LogP contribution in [0.2, 0.25) is 5.02 Å². The minimum Gasteiger partial charge on any atom is -0.495 e. The largest absolute Gasteiger partial charge is 0.495 e. The standard InChI is InChI=1S/C17H15ClN4O3/c1-24-15-8-16(25-2)14(7-13(15)18)21-17(23)11-3-5-12(6-4-11)22-10-19-9-20-22/h3-10H,1-2H3,(H,21,23). The highest BCUT2D eigenvalue weighted by atomic mass is 35.5. The molecular weight excluding hydrogens is 344 g/mol. The number of ether oxygens (including phenoxy) is 2. The monoisotopic (exact) mass is 358 g/mol. The van der Waals surface area contributed by atoms with E-state index in [1.807, 2.05) is 0 Å². The molecule has 0 aliphatic rings. The van der Waals surface area contributed by atoms with Gasteiger partial charge >= 0.3 is 0 Å². The van der Waals surface area contributed by atoms with Gasteiger partial charge in [0.15, 0.2) is 0 Å². The Morgan fingerprint density at radius 1 is 1.12 bits per heavy atom. The maximum Gasteiger partial charge on any atom is 0.255 e. The number of halogens is 1. The van der Waals surface area contributed by atoms with E-state index in [4.69, 9.17) is 21.1 Å². The van der Waals surface area contributed by atoms with Crippen LogP contribution in [-0.4, -0.2) is 34.9 Å². The van der Waals surface area contributed by atoms with Crippen LogP contribution in [0, 0.1) is 0 Å². The number of amides is 1. The van der Waals surface area contributed by atoms with Gasteiger partial charge in [0, 0.05) is 11.6 Å². The molecule has 1 heterocycles. The molecule has 1 aromatic heterocycles. The smallest absolute Gasteiger partial charge is 0.255 e. The fourth-order valence-electron chi connectivity index (χ4n) is 2.26. The summed E-state index contributed by atoms with van der Waals surface area (Å²) in [7, 11) is 3.01. The van der Waals surface area contributed by atoms with Crippen molar-refractivity contribution in [3.05, 3.63) is 59.6 Å². The maximum absolute atomic E-state index is 12.5. The van der Waals surface area contributed by atoms with Crippen LogP contribution in [0.3, 0.4) is 0 Å². The lowest BCUT2D eigenvalue weighted by molar-refractivity contribution is 0.102. The van der Waals surface area contributed by atoms with Crippen LogP contribution < -0.4 is 14.8 Å². The fourth-order valence-corrected chi connectivity index (χ4v) is 2.50. The second-order valence-corrected chi connectivity index (χ2v) is 5.44. The number of methoxy groups -OCH3 is 2. The van der Waals surface area contributed by atoms with Gasteiger partial charge in [-0.25, -0.2) is 9.67 Å². The van der Waals surface area contributed by atoms with Gasteiger partial charge in [-0.2, -0.15) is 5.10 Å². The van der Waals surface area contributed by atoms with Crippen LogP contribution in [0.4, 0.5) is 5.69 Å². The van der Waals surface area contributed by atoms with E-state index in [0.717, 1.165) is 5.69 Å². The number of anilines is 1. The lowest BCUT2D eigenvalue weighted by Gasteiger charge is -2.13. The van der Waals surface area contributed by atoms with Gasteiger partial charge in [-0.3, -0.25) is 4.79 Å². The van der Waals surface area contributed by atoms with Crippen LogP contribution in [0.1, 0.15) is 10.4 Å². The Bertz CT molecular complexity index is 880. The summed E-state index contributed by atoms with van der Waals surface area (Å²) in [5.41, 5.74) is 1.75. The van der Waals surface area contributed by atoms with Gasteiger partial charge in [0.25, 0.3) is 5.91 Å². The maximum atomic E-state index is 12.5. The molecule has 0 aliphatic carbocycles. The minimum absolute atomic E-state index is 0.287. The Morgan fingerprint density at radius 2 is 1.84 bits per heavy atom. The molecule has 0 unspecified atom stereocenters. The SMILES string of the molecule is COc1cc(OC)c(NC(=O)c2ccc(-n3cncn3)cc2)cc1Cl. The van der Waals surface area contributed by atoms with Crippen LogP contribution in [-0.2, 0) is 0 Å². The number of nitrogens with one attached hydrogen (secondary N) is 1. The van der Waals surface area contributed by atoms with Crippen molar-refractivity contribution in [3.8, 4) is 17.2 Å². The van der Waals surface area contributed by atoms with Crippen LogP contribution in [0.25, 0.3) is 5.69 Å². The van der Waals surface area contributed by atoms with E-state index in [1.165, 1.54) is 20.5 Å². The highest BCUT2D eigenvalue weighted by molar-refractivity contribution is 6.32. The van der Waals surface area contributed by atoms with Gasteiger partial charge in [-0.1, -0.05) is 11.6 Å². The molecule has 0 spiro atoms. The first-order chi connectivity index (χ1) is 12.1. The molecule has 1 N–H and O–H groups in total. The van der Waals surface area contributed by atoms with Crippen molar-refractivity contribution >= 4 is 23.2 Å².